The topological polar surface area (TPSA) is 33.5 Å². The Hall–Kier alpha value is -1.55. The minimum atomic E-state index is 0.0796. The van der Waals surface area contributed by atoms with Crippen LogP contribution in [-0.4, -0.2) is 16.8 Å². The molecule has 0 radical (unpaired) electrons. The fourth-order valence-corrected chi connectivity index (χ4v) is 3.12. The summed E-state index contributed by atoms with van der Waals surface area (Å²) >= 11 is 3.46. The number of carbonyl (C=O) groups excluding carboxylic acids is 1. The number of rotatable bonds is 4. The lowest BCUT2D eigenvalue weighted by Crippen LogP contribution is -2.32. The Labute approximate surface area is 133 Å². The second-order valence-electron chi connectivity index (χ2n) is 5.69. The molecule has 2 aromatic rings. The molecule has 1 heterocycles. The fourth-order valence-electron chi connectivity index (χ4n) is 2.52. The Morgan fingerprint density at radius 3 is 2.62 bits per heavy atom. The number of benzene rings is 1. The normalized spacial score (nSPS) is 14.2. The highest BCUT2D eigenvalue weighted by Gasteiger charge is 2.33. The fraction of sp³-hybridized carbons (Fsp3) is 0.353. The largest absolute Gasteiger partial charge is 0.464 e. The van der Waals surface area contributed by atoms with E-state index in [-0.39, 0.29) is 5.91 Å². The van der Waals surface area contributed by atoms with E-state index in [9.17, 15) is 4.79 Å². The zero-order chi connectivity index (χ0) is 15.0. The van der Waals surface area contributed by atoms with Crippen molar-refractivity contribution < 1.29 is 9.21 Å². The third-order valence-electron chi connectivity index (χ3n) is 3.66. The molecule has 21 heavy (non-hydrogen) atoms. The van der Waals surface area contributed by atoms with Crippen LogP contribution in [0.5, 0.6) is 0 Å². The molecule has 1 fully saturated rings. The molecule has 0 N–H and O–H groups in total. The van der Waals surface area contributed by atoms with E-state index in [0.717, 1.165) is 40.0 Å². The van der Waals surface area contributed by atoms with Crippen molar-refractivity contribution in [1.82, 2.24) is 4.90 Å². The molecule has 1 aliphatic carbocycles. The van der Waals surface area contributed by atoms with Gasteiger partial charge in [-0.2, -0.15) is 0 Å². The van der Waals surface area contributed by atoms with Gasteiger partial charge in [0.05, 0.1) is 6.54 Å². The van der Waals surface area contributed by atoms with E-state index in [2.05, 4.69) is 15.9 Å². The lowest BCUT2D eigenvalue weighted by atomic mass is 10.1. The molecule has 1 aliphatic rings. The van der Waals surface area contributed by atoms with Crippen LogP contribution >= 0.6 is 15.9 Å². The molecular formula is C17H18BrNO2. The van der Waals surface area contributed by atoms with Crippen molar-refractivity contribution >= 4 is 21.8 Å². The van der Waals surface area contributed by atoms with Gasteiger partial charge in [0.25, 0.3) is 5.91 Å². The van der Waals surface area contributed by atoms with Gasteiger partial charge in [-0.05, 0) is 62.6 Å². The average Bonchev–Trinajstić information content (AvgIpc) is 3.17. The van der Waals surface area contributed by atoms with Gasteiger partial charge in [-0.1, -0.05) is 15.9 Å². The molecule has 3 rings (SSSR count). The minimum Gasteiger partial charge on any atom is -0.464 e. The molecule has 0 unspecified atom stereocenters. The molecule has 0 saturated heterocycles. The summed E-state index contributed by atoms with van der Waals surface area (Å²) < 4.78 is 6.56. The van der Waals surface area contributed by atoms with Crippen LogP contribution in [0.15, 0.2) is 39.2 Å². The molecule has 1 aromatic carbocycles. The minimum absolute atomic E-state index is 0.0796. The summed E-state index contributed by atoms with van der Waals surface area (Å²) in [6.45, 7) is 4.46. The molecule has 1 amide bonds. The zero-order valence-corrected chi connectivity index (χ0v) is 13.8. The number of carbonyl (C=O) groups is 1. The molecular weight excluding hydrogens is 330 g/mol. The number of hydrogen-bond acceptors (Lipinski definition) is 2. The van der Waals surface area contributed by atoms with Crippen molar-refractivity contribution in [2.24, 2.45) is 0 Å². The first kappa shape index (κ1) is 14.4. The molecule has 3 nitrogen and oxygen atoms in total. The predicted molar refractivity (Wildman–Crippen MR) is 85.2 cm³/mol. The second kappa shape index (κ2) is 5.68. The van der Waals surface area contributed by atoms with Crippen LogP contribution in [-0.2, 0) is 6.54 Å². The first-order valence-electron chi connectivity index (χ1n) is 7.16. The van der Waals surface area contributed by atoms with Crippen LogP contribution < -0.4 is 0 Å². The van der Waals surface area contributed by atoms with Gasteiger partial charge < -0.3 is 9.32 Å². The number of furan rings is 1. The maximum Gasteiger partial charge on any atom is 0.254 e. The van der Waals surface area contributed by atoms with E-state index in [1.165, 1.54) is 0 Å². The van der Waals surface area contributed by atoms with E-state index < -0.39 is 0 Å². The zero-order valence-electron chi connectivity index (χ0n) is 12.2. The Balaban J connectivity index is 1.84. The van der Waals surface area contributed by atoms with Crippen molar-refractivity contribution in [2.45, 2.75) is 39.3 Å². The Morgan fingerprint density at radius 1 is 1.29 bits per heavy atom. The van der Waals surface area contributed by atoms with Crippen LogP contribution in [0.3, 0.4) is 0 Å². The van der Waals surface area contributed by atoms with Gasteiger partial charge in [-0.3, -0.25) is 4.79 Å². The quantitative estimate of drug-likeness (QED) is 0.817. The van der Waals surface area contributed by atoms with E-state index in [1.54, 1.807) is 0 Å². The smallest absolute Gasteiger partial charge is 0.254 e. The summed E-state index contributed by atoms with van der Waals surface area (Å²) in [5, 5.41) is 0. The highest BCUT2D eigenvalue weighted by atomic mass is 79.9. The summed E-state index contributed by atoms with van der Waals surface area (Å²) in [6, 6.07) is 10.1. The number of amides is 1. The third-order valence-corrected chi connectivity index (χ3v) is 4.12. The van der Waals surface area contributed by atoms with Gasteiger partial charge in [0.15, 0.2) is 0 Å². The molecule has 1 saturated carbocycles. The lowest BCUT2D eigenvalue weighted by molar-refractivity contribution is 0.0717. The maximum atomic E-state index is 12.8. The summed E-state index contributed by atoms with van der Waals surface area (Å²) in [4.78, 5) is 14.7. The van der Waals surface area contributed by atoms with Crippen LogP contribution in [0.25, 0.3) is 0 Å². The SMILES string of the molecule is Cc1cc(Br)cc(C(=O)N(Cc2ccc(C)o2)C2CC2)c1. The van der Waals surface area contributed by atoms with Crippen LogP contribution in [0.1, 0.15) is 40.3 Å². The molecule has 0 atom stereocenters. The van der Waals surface area contributed by atoms with Crippen molar-refractivity contribution in [3.05, 3.63) is 57.5 Å². The van der Waals surface area contributed by atoms with E-state index in [1.807, 2.05) is 49.1 Å². The van der Waals surface area contributed by atoms with Crippen LogP contribution in [0.4, 0.5) is 0 Å². The van der Waals surface area contributed by atoms with Gasteiger partial charge in [-0.25, -0.2) is 0 Å². The number of nitrogens with zero attached hydrogens (tertiary/aromatic N) is 1. The standard InChI is InChI=1S/C17H18BrNO2/c1-11-7-13(9-14(18)8-11)17(20)19(15-4-5-15)10-16-6-3-12(2)21-16/h3,6-9,15H,4-5,10H2,1-2H3. The number of halogens is 1. The molecule has 4 heteroatoms. The third kappa shape index (κ3) is 3.38. The van der Waals surface area contributed by atoms with Gasteiger partial charge >= 0.3 is 0 Å². The molecule has 0 spiro atoms. The molecule has 110 valence electrons. The van der Waals surface area contributed by atoms with E-state index >= 15 is 0 Å². The lowest BCUT2D eigenvalue weighted by Gasteiger charge is -2.21. The summed E-state index contributed by atoms with van der Waals surface area (Å²) in [5.41, 5.74) is 1.81. The van der Waals surface area contributed by atoms with Gasteiger partial charge in [-0.15, -0.1) is 0 Å². The molecule has 0 bridgehead atoms. The molecule has 1 aromatic heterocycles. The predicted octanol–water partition coefficient (Wildman–Crippen LogP) is 4.46. The van der Waals surface area contributed by atoms with Crippen LogP contribution in [0, 0.1) is 13.8 Å². The first-order chi connectivity index (χ1) is 10.0. The highest BCUT2D eigenvalue weighted by molar-refractivity contribution is 9.10. The Kier molecular flexibility index (Phi) is 3.89. The summed E-state index contributed by atoms with van der Waals surface area (Å²) in [5.74, 6) is 1.81. The van der Waals surface area contributed by atoms with E-state index in [0.29, 0.717) is 12.6 Å². The van der Waals surface area contributed by atoms with E-state index in [4.69, 9.17) is 4.42 Å². The average molecular weight is 348 g/mol. The Morgan fingerprint density at radius 2 is 2.05 bits per heavy atom. The highest BCUT2D eigenvalue weighted by Crippen LogP contribution is 2.30. The summed E-state index contributed by atoms with van der Waals surface area (Å²) in [7, 11) is 0. The van der Waals surface area contributed by atoms with Crippen LogP contribution in [0.2, 0.25) is 0 Å². The summed E-state index contributed by atoms with van der Waals surface area (Å²) in [6.07, 6.45) is 2.16. The first-order valence-corrected chi connectivity index (χ1v) is 7.96. The maximum absolute atomic E-state index is 12.8. The second-order valence-corrected chi connectivity index (χ2v) is 6.61. The van der Waals surface area contributed by atoms with Gasteiger partial charge in [0, 0.05) is 16.1 Å². The van der Waals surface area contributed by atoms with Crippen molar-refractivity contribution in [3.63, 3.8) is 0 Å². The van der Waals surface area contributed by atoms with Crippen molar-refractivity contribution in [1.29, 1.82) is 0 Å². The number of aryl methyl sites for hydroxylation is 2. The monoisotopic (exact) mass is 347 g/mol. The van der Waals surface area contributed by atoms with Crippen molar-refractivity contribution in [2.75, 3.05) is 0 Å². The van der Waals surface area contributed by atoms with Gasteiger partial charge in [0.2, 0.25) is 0 Å². The van der Waals surface area contributed by atoms with Crippen molar-refractivity contribution in [3.8, 4) is 0 Å². The van der Waals surface area contributed by atoms with Gasteiger partial charge in [0.1, 0.15) is 11.5 Å². The number of hydrogen-bond donors (Lipinski definition) is 0. The Bertz CT molecular complexity index is 653. The molecule has 0 aliphatic heterocycles.